The van der Waals surface area contributed by atoms with Gasteiger partial charge in [0.1, 0.15) is 5.75 Å². The fourth-order valence-electron chi connectivity index (χ4n) is 2.58. The van der Waals surface area contributed by atoms with Crippen LogP contribution in [0.3, 0.4) is 0 Å². The third-order valence-corrected chi connectivity index (χ3v) is 4.21. The van der Waals surface area contributed by atoms with Crippen molar-refractivity contribution in [1.29, 1.82) is 0 Å². The Hall–Kier alpha value is -6.27. The molecule has 0 amide bonds. The number of hydrogen-bond donors (Lipinski definition) is 0. The number of benzene rings is 2. The van der Waals surface area contributed by atoms with Crippen LogP contribution in [0.5, 0.6) is 5.75 Å². The Kier molecular flexibility index (Phi) is 14.9. The molecule has 0 aliphatic carbocycles. The zero-order valence-electron chi connectivity index (χ0n) is 20.6. The van der Waals surface area contributed by atoms with Gasteiger partial charge in [0.25, 0.3) is 0 Å². The Morgan fingerprint density at radius 3 is 1.74 bits per heavy atom. The predicted octanol–water partition coefficient (Wildman–Crippen LogP) is 5.83. The van der Waals surface area contributed by atoms with E-state index in [0.717, 1.165) is 12.0 Å². The predicted molar refractivity (Wildman–Crippen MR) is 161 cm³/mol. The monoisotopic (exact) mass is 500 g/mol. The van der Waals surface area contributed by atoms with Crippen molar-refractivity contribution in [3.05, 3.63) is 80.9 Å². The standard InChI is InChI=1S/C17H14O2.C17H4.O2.5H2/c1-2-12-7-9-13(10-8-12)11-16-17(18)14-5-3-4-6-15(14)19-16;1-3-5-7-9-11-13-15-17-16-14-12-10-8-6-4-2;1-2;;;;;/h3-11H,2H2,1H3;1H,2H3;;5*1H/b16-11-;;;;;;;. The minimum absolute atomic E-state index is 0. The number of Topliss-reactive ketones (excluding diaryl/α,β-unsaturated/α-hetero) is 1. The van der Waals surface area contributed by atoms with Crippen LogP contribution in [0, 0.1) is 105 Å². The van der Waals surface area contributed by atoms with Crippen LogP contribution in [-0.4, -0.2) is 5.78 Å². The normalized spacial score (nSPS) is 9.50. The third-order valence-electron chi connectivity index (χ3n) is 4.21. The molecule has 0 saturated carbocycles. The largest absolute Gasteiger partial charge is 0.452 e. The van der Waals surface area contributed by atoms with Crippen molar-refractivity contribution in [2.45, 2.75) is 20.3 Å². The van der Waals surface area contributed by atoms with Gasteiger partial charge in [-0.25, -0.2) is 0 Å². The molecule has 0 atom stereocenters. The fourth-order valence-corrected chi connectivity index (χ4v) is 2.58. The van der Waals surface area contributed by atoms with Gasteiger partial charge in [-0.15, -0.1) is 6.42 Å². The first-order chi connectivity index (χ1) is 18.7. The van der Waals surface area contributed by atoms with E-state index in [2.05, 4.69) is 108 Å². The Morgan fingerprint density at radius 2 is 1.26 bits per heavy atom. The summed E-state index contributed by atoms with van der Waals surface area (Å²) in [5.41, 5.74) is 2.90. The summed E-state index contributed by atoms with van der Waals surface area (Å²) in [5, 5.41) is 0. The van der Waals surface area contributed by atoms with Crippen LogP contribution < -0.4 is 4.74 Å². The lowest BCUT2D eigenvalue weighted by atomic mass is 10.1. The average molecular weight is 501 g/mol. The van der Waals surface area contributed by atoms with Crippen LogP contribution in [-0.2, 0) is 6.42 Å². The number of ether oxygens (including phenoxy) is 1. The van der Waals surface area contributed by atoms with Crippen LogP contribution in [0.15, 0.2) is 54.3 Å². The number of carbonyl (C=O) groups is 1. The van der Waals surface area contributed by atoms with Crippen molar-refractivity contribution in [1.82, 2.24) is 0 Å². The molecule has 38 heavy (non-hydrogen) atoms. The topological polar surface area (TPSA) is 60.4 Å². The van der Waals surface area contributed by atoms with Crippen LogP contribution in [0.2, 0.25) is 0 Å². The van der Waals surface area contributed by atoms with E-state index in [0.29, 0.717) is 17.1 Å². The minimum Gasteiger partial charge on any atom is -0.452 e. The molecule has 4 heteroatoms. The van der Waals surface area contributed by atoms with E-state index in [4.69, 9.17) is 21.1 Å². The quantitative estimate of drug-likeness (QED) is 0.385. The van der Waals surface area contributed by atoms with Crippen molar-refractivity contribution in [2.75, 3.05) is 0 Å². The van der Waals surface area contributed by atoms with Gasteiger partial charge in [-0.1, -0.05) is 49.2 Å². The van der Waals surface area contributed by atoms with Gasteiger partial charge < -0.3 is 4.74 Å². The number of ketones is 1. The molecule has 3 rings (SSSR count). The van der Waals surface area contributed by atoms with Gasteiger partial charge >= 0.3 is 0 Å². The molecular formula is C34H28O4. The first kappa shape index (κ1) is 29.8. The summed E-state index contributed by atoms with van der Waals surface area (Å²) < 4.78 is 5.59. The van der Waals surface area contributed by atoms with Crippen molar-refractivity contribution in [3.63, 3.8) is 0 Å². The van der Waals surface area contributed by atoms with Gasteiger partial charge in [0.05, 0.1) is 5.56 Å². The molecule has 0 fully saturated rings. The molecule has 1 aliphatic rings. The molecule has 2 aromatic rings. The smallest absolute Gasteiger partial charge is 0.231 e. The highest BCUT2D eigenvalue weighted by atomic mass is 16.7. The van der Waals surface area contributed by atoms with Gasteiger partial charge in [0.2, 0.25) is 5.78 Å². The second kappa shape index (κ2) is 19.1. The van der Waals surface area contributed by atoms with Crippen LogP contribution in [0.1, 0.15) is 42.5 Å². The second-order valence-electron chi connectivity index (χ2n) is 6.55. The number of para-hydroxylation sites is 1. The summed E-state index contributed by atoms with van der Waals surface area (Å²) in [5.74, 6) is 37.9. The zero-order chi connectivity index (χ0) is 27.8. The summed E-state index contributed by atoms with van der Waals surface area (Å²) in [4.78, 5) is 26.1. The van der Waals surface area contributed by atoms with Crippen molar-refractivity contribution in [2.24, 2.45) is 0 Å². The van der Waals surface area contributed by atoms with Gasteiger partial charge in [-0.2, -0.15) is 0 Å². The molecule has 1 aliphatic heterocycles. The highest BCUT2D eigenvalue weighted by Crippen LogP contribution is 2.31. The second-order valence-corrected chi connectivity index (χ2v) is 6.55. The van der Waals surface area contributed by atoms with Gasteiger partial charge in [0, 0.05) is 17.1 Å². The van der Waals surface area contributed by atoms with Gasteiger partial charge in [0.15, 0.2) is 5.76 Å². The van der Waals surface area contributed by atoms with E-state index in [1.165, 1.54) is 5.56 Å². The van der Waals surface area contributed by atoms with Crippen LogP contribution in [0.4, 0.5) is 0 Å². The van der Waals surface area contributed by atoms with Gasteiger partial charge in [-0.3, -0.25) is 4.79 Å². The molecule has 0 unspecified atom stereocenters. The molecule has 4 nitrogen and oxygen atoms in total. The molecule has 1 heterocycles. The molecule has 188 valence electrons. The summed E-state index contributed by atoms with van der Waals surface area (Å²) in [7, 11) is 0. The number of aryl methyl sites for hydroxylation is 1. The van der Waals surface area contributed by atoms with Crippen molar-refractivity contribution >= 4 is 11.9 Å². The number of hydrogen-bond acceptors (Lipinski definition) is 4. The maximum Gasteiger partial charge on any atom is 0.231 e. The van der Waals surface area contributed by atoms with E-state index in [9.17, 15) is 4.79 Å². The Labute approximate surface area is 230 Å². The SMILES string of the molecule is C#CC#CC#CC#CC#CC#CC#CC#CC.CCc1ccc(/C=C2\Oc3ccccc3C2=O)cc1.O=O.[HH].[HH].[HH].[HH].[HH]. The third kappa shape index (κ3) is 11.2. The molecular weight excluding hydrogens is 472 g/mol. The minimum atomic E-state index is -0.0461. The first-order valence-corrected chi connectivity index (χ1v) is 10.9. The molecule has 2 aromatic carbocycles. The highest BCUT2D eigenvalue weighted by molar-refractivity contribution is 6.14. The van der Waals surface area contributed by atoms with Gasteiger partial charge in [-0.05, 0) is 126 Å². The molecule has 0 radical (unpaired) electrons. The summed E-state index contributed by atoms with van der Waals surface area (Å²) in [6.45, 7) is 3.82. The number of terminal acetylenes is 1. The maximum absolute atomic E-state index is 12.1. The number of allylic oxidation sites excluding steroid dienone is 1. The number of carbonyl (C=O) groups excluding carboxylic acids is 1. The highest BCUT2D eigenvalue weighted by Gasteiger charge is 2.26. The Bertz CT molecular complexity index is 1690. The Morgan fingerprint density at radius 1 is 0.763 bits per heavy atom. The lowest BCUT2D eigenvalue weighted by Crippen LogP contribution is -1.97. The summed E-state index contributed by atoms with van der Waals surface area (Å²) in [6, 6.07) is 15.5. The molecule has 0 saturated heterocycles. The fraction of sp³-hybridized carbons (Fsp3) is 0.0882. The van der Waals surface area contributed by atoms with E-state index in [1.807, 2.05) is 30.3 Å². The maximum atomic E-state index is 12.1. The van der Waals surface area contributed by atoms with Crippen molar-refractivity contribution < 1.29 is 16.7 Å². The molecule has 0 bridgehead atoms. The summed E-state index contributed by atoms with van der Waals surface area (Å²) in [6.07, 6.45) is 7.69. The van der Waals surface area contributed by atoms with E-state index in [-0.39, 0.29) is 12.9 Å². The first-order valence-electron chi connectivity index (χ1n) is 10.9. The number of rotatable bonds is 2. The lowest BCUT2D eigenvalue weighted by molar-refractivity contribution is 0.101. The molecule has 0 aromatic heterocycles. The van der Waals surface area contributed by atoms with Crippen molar-refractivity contribution in [3.8, 4) is 101 Å². The molecule has 0 N–H and O–H groups in total. The van der Waals surface area contributed by atoms with E-state index < -0.39 is 0 Å². The Balaban J connectivity index is -0.000000192. The zero-order valence-corrected chi connectivity index (χ0v) is 20.6. The van der Waals surface area contributed by atoms with E-state index >= 15 is 0 Å². The summed E-state index contributed by atoms with van der Waals surface area (Å²) >= 11 is 0. The van der Waals surface area contributed by atoms with E-state index in [1.54, 1.807) is 19.1 Å². The average Bonchev–Trinajstić information content (AvgIpc) is 3.28. The number of fused-ring (bicyclic) bond motifs is 1. The molecule has 0 spiro atoms. The lowest BCUT2D eigenvalue weighted by Gasteiger charge is -2.00. The van der Waals surface area contributed by atoms with Crippen LogP contribution in [0.25, 0.3) is 6.08 Å². The van der Waals surface area contributed by atoms with Crippen LogP contribution >= 0.6 is 0 Å².